The standard InChI is InChI=1S/C18H24N4O3/c1-13-15(14(2)25-21-13)10-17(23)20-11-18(24)7-5-9-22(12-18)16-6-3-4-8-19-16/h3-4,6,8,24H,5,7,9-12H2,1-2H3,(H,20,23)/t18-/m1/s1. The lowest BCUT2D eigenvalue weighted by molar-refractivity contribution is -0.121. The Morgan fingerprint density at radius 3 is 2.96 bits per heavy atom. The van der Waals surface area contributed by atoms with Gasteiger partial charge in [-0.1, -0.05) is 11.2 Å². The molecule has 0 aromatic carbocycles. The van der Waals surface area contributed by atoms with E-state index < -0.39 is 5.60 Å². The first kappa shape index (κ1) is 17.4. The Morgan fingerprint density at radius 2 is 2.28 bits per heavy atom. The number of β-amino-alcohol motifs (C(OH)–C–C–N with tert-alkyl or cyclic N) is 1. The molecular formula is C18H24N4O3. The molecule has 7 heteroatoms. The number of aryl methyl sites for hydroxylation is 2. The molecule has 25 heavy (non-hydrogen) atoms. The summed E-state index contributed by atoms with van der Waals surface area (Å²) in [6.45, 7) is 5.14. The molecule has 2 N–H and O–H groups in total. The number of aliphatic hydroxyl groups is 1. The first-order valence-corrected chi connectivity index (χ1v) is 8.54. The van der Waals surface area contributed by atoms with Gasteiger partial charge in [0.25, 0.3) is 0 Å². The van der Waals surface area contributed by atoms with E-state index in [0.29, 0.717) is 18.7 Å². The summed E-state index contributed by atoms with van der Waals surface area (Å²) >= 11 is 0. The van der Waals surface area contributed by atoms with Gasteiger partial charge in [-0.05, 0) is 38.8 Å². The van der Waals surface area contributed by atoms with Gasteiger partial charge in [0.15, 0.2) is 0 Å². The molecule has 3 heterocycles. The Bertz CT molecular complexity index is 712. The Kier molecular flexibility index (Phi) is 5.03. The number of carbonyl (C=O) groups is 1. The fourth-order valence-electron chi connectivity index (χ4n) is 3.23. The highest BCUT2D eigenvalue weighted by molar-refractivity contribution is 5.79. The van der Waals surface area contributed by atoms with Gasteiger partial charge in [0, 0.05) is 31.4 Å². The van der Waals surface area contributed by atoms with Gasteiger partial charge in [0.2, 0.25) is 5.91 Å². The summed E-state index contributed by atoms with van der Waals surface area (Å²) in [5, 5.41) is 17.6. The molecule has 1 fully saturated rings. The van der Waals surface area contributed by atoms with Crippen LogP contribution in [-0.4, -0.2) is 46.4 Å². The molecule has 1 saturated heterocycles. The van der Waals surface area contributed by atoms with Crippen LogP contribution in [-0.2, 0) is 11.2 Å². The first-order chi connectivity index (χ1) is 12.0. The molecule has 2 aromatic rings. The predicted molar refractivity (Wildman–Crippen MR) is 93.3 cm³/mol. The second-order valence-electron chi connectivity index (χ2n) is 6.69. The van der Waals surface area contributed by atoms with Gasteiger partial charge in [-0.25, -0.2) is 4.98 Å². The summed E-state index contributed by atoms with van der Waals surface area (Å²) in [7, 11) is 0. The Labute approximate surface area is 147 Å². The van der Waals surface area contributed by atoms with E-state index in [4.69, 9.17) is 4.52 Å². The summed E-state index contributed by atoms with van der Waals surface area (Å²) < 4.78 is 5.08. The van der Waals surface area contributed by atoms with Crippen LogP contribution in [0.15, 0.2) is 28.9 Å². The van der Waals surface area contributed by atoms with Gasteiger partial charge < -0.3 is 19.8 Å². The van der Waals surface area contributed by atoms with Crippen molar-refractivity contribution in [1.82, 2.24) is 15.5 Å². The number of aromatic nitrogens is 2. The van der Waals surface area contributed by atoms with E-state index in [0.717, 1.165) is 30.0 Å². The molecule has 1 aliphatic rings. The minimum Gasteiger partial charge on any atom is -0.386 e. The van der Waals surface area contributed by atoms with Crippen molar-refractivity contribution >= 4 is 11.7 Å². The van der Waals surface area contributed by atoms with Crippen LogP contribution in [0.4, 0.5) is 5.82 Å². The number of nitrogens with one attached hydrogen (secondary N) is 1. The summed E-state index contributed by atoms with van der Waals surface area (Å²) in [6, 6.07) is 5.73. The summed E-state index contributed by atoms with van der Waals surface area (Å²) in [6.07, 6.45) is 3.46. The van der Waals surface area contributed by atoms with Crippen LogP contribution >= 0.6 is 0 Å². The molecular weight excluding hydrogens is 320 g/mol. The number of piperidine rings is 1. The number of pyridine rings is 1. The van der Waals surface area contributed by atoms with Gasteiger partial charge >= 0.3 is 0 Å². The average Bonchev–Trinajstić information content (AvgIpc) is 2.93. The number of amides is 1. The smallest absolute Gasteiger partial charge is 0.224 e. The van der Waals surface area contributed by atoms with Crippen molar-refractivity contribution < 1.29 is 14.4 Å². The van der Waals surface area contributed by atoms with Crippen LogP contribution < -0.4 is 10.2 Å². The van der Waals surface area contributed by atoms with Gasteiger partial charge in [-0.15, -0.1) is 0 Å². The number of hydrogen-bond donors (Lipinski definition) is 2. The maximum Gasteiger partial charge on any atom is 0.224 e. The van der Waals surface area contributed by atoms with Gasteiger partial charge in [-0.2, -0.15) is 0 Å². The number of anilines is 1. The average molecular weight is 344 g/mol. The minimum atomic E-state index is -0.954. The molecule has 7 nitrogen and oxygen atoms in total. The Balaban J connectivity index is 1.57. The molecule has 0 bridgehead atoms. The quantitative estimate of drug-likeness (QED) is 0.851. The highest BCUT2D eigenvalue weighted by atomic mass is 16.5. The molecule has 1 atom stereocenters. The largest absolute Gasteiger partial charge is 0.386 e. The molecule has 0 aliphatic carbocycles. The fraction of sp³-hybridized carbons (Fsp3) is 0.500. The van der Waals surface area contributed by atoms with E-state index in [9.17, 15) is 9.90 Å². The second kappa shape index (κ2) is 7.23. The maximum atomic E-state index is 12.2. The molecule has 1 aliphatic heterocycles. The van der Waals surface area contributed by atoms with E-state index in [2.05, 4.69) is 20.4 Å². The third-order valence-corrected chi connectivity index (χ3v) is 4.66. The van der Waals surface area contributed by atoms with Gasteiger partial charge in [0.1, 0.15) is 11.6 Å². The van der Waals surface area contributed by atoms with Crippen molar-refractivity contribution in [2.75, 3.05) is 24.5 Å². The maximum absolute atomic E-state index is 12.2. The first-order valence-electron chi connectivity index (χ1n) is 8.54. The number of rotatable bonds is 5. The Hall–Kier alpha value is -2.41. The monoisotopic (exact) mass is 344 g/mol. The second-order valence-corrected chi connectivity index (χ2v) is 6.69. The molecule has 0 spiro atoms. The van der Waals surface area contributed by atoms with Crippen molar-refractivity contribution in [2.45, 2.75) is 38.7 Å². The van der Waals surface area contributed by atoms with Crippen LogP contribution in [0, 0.1) is 13.8 Å². The van der Waals surface area contributed by atoms with Crippen molar-refractivity contribution in [2.24, 2.45) is 0 Å². The molecule has 0 radical (unpaired) electrons. The zero-order chi connectivity index (χ0) is 17.9. The highest BCUT2D eigenvalue weighted by Gasteiger charge is 2.34. The van der Waals surface area contributed by atoms with Gasteiger partial charge in [0.05, 0.1) is 17.7 Å². The van der Waals surface area contributed by atoms with Crippen molar-refractivity contribution in [3.8, 4) is 0 Å². The molecule has 0 saturated carbocycles. The van der Waals surface area contributed by atoms with Crippen LogP contribution in [0.25, 0.3) is 0 Å². The van der Waals surface area contributed by atoms with Crippen LogP contribution in [0.5, 0.6) is 0 Å². The van der Waals surface area contributed by atoms with Crippen molar-refractivity contribution in [1.29, 1.82) is 0 Å². The normalized spacial score (nSPS) is 20.5. The third-order valence-electron chi connectivity index (χ3n) is 4.66. The van der Waals surface area contributed by atoms with Crippen LogP contribution in [0.1, 0.15) is 29.9 Å². The van der Waals surface area contributed by atoms with E-state index in [1.165, 1.54) is 0 Å². The zero-order valence-electron chi connectivity index (χ0n) is 14.7. The molecule has 134 valence electrons. The number of nitrogens with zero attached hydrogens (tertiary/aromatic N) is 3. The number of hydrogen-bond acceptors (Lipinski definition) is 6. The fourth-order valence-corrected chi connectivity index (χ4v) is 3.23. The van der Waals surface area contributed by atoms with E-state index >= 15 is 0 Å². The lowest BCUT2D eigenvalue weighted by Gasteiger charge is -2.39. The Morgan fingerprint density at radius 1 is 1.44 bits per heavy atom. The van der Waals surface area contributed by atoms with Crippen LogP contribution in [0.3, 0.4) is 0 Å². The summed E-state index contributed by atoms with van der Waals surface area (Å²) in [5.41, 5.74) is 0.582. The lowest BCUT2D eigenvalue weighted by Crippen LogP contribution is -2.54. The third kappa shape index (κ3) is 4.17. The lowest BCUT2D eigenvalue weighted by atomic mass is 9.92. The molecule has 2 aromatic heterocycles. The van der Waals surface area contributed by atoms with E-state index in [1.54, 1.807) is 13.1 Å². The molecule has 0 unspecified atom stereocenters. The topological polar surface area (TPSA) is 91.5 Å². The molecule has 1 amide bonds. The van der Waals surface area contributed by atoms with Crippen LogP contribution in [0.2, 0.25) is 0 Å². The minimum absolute atomic E-state index is 0.141. The highest BCUT2D eigenvalue weighted by Crippen LogP contribution is 2.24. The SMILES string of the molecule is Cc1noc(C)c1CC(=O)NC[C@]1(O)CCCN(c2ccccn2)C1. The summed E-state index contributed by atoms with van der Waals surface area (Å²) in [5.74, 6) is 1.37. The van der Waals surface area contributed by atoms with E-state index in [-0.39, 0.29) is 18.9 Å². The van der Waals surface area contributed by atoms with Gasteiger partial charge in [-0.3, -0.25) is 4.79 Å². The van der Waals surface area contributed by atoms with Crippen molar-refractivity contribution in [3.05, 3.63) is 41.4 Å². The zero-order valence-corrected chi connectivity index (χ0v) is 14.7. The van der Waals surface area contributed by atoms with Crippen molar-refractivity contribution in [3.63, 3.8) is 0 Å². The van der Waals surface area contributed by atoms with E-state index in [1.807, 2.05) is 25.1 Å². The predicted octanol–water partition coefficient (Wildman–Crippen LogP) is 1.38. The number of carbonyl (C=O) groups excluding carboxylic acids is 1. The summed E-state index contributed by atoms with van der Waals surface area (Å²) in [4.78, 5) is 18.6. The molecule has 3 rings (SSSR count).